The second-order valence-electron chi connectivity index (χ2n) is 3.91. The van der Waals surface area contributed by atoms with Gasteiger partial charge < -0.3 is 5.32 Å². The Morgan fingerprint density at radius 1 is 1.16 bits per heavy atom. The van der Waals surface area contributed by atoms with Gasteiger partial charge in [-0.2, -0.15) is 0 Å². The van der Waals surface area contributed by atoms with E-state index in [9.17, 15) is 4.79 Å². The molecule has 98 valence electrons. The first-order valence-electron chi connectivity index (χ1n) is 5.51. The summed E-state index contributed by atoms with van der Waals surface area (Å²) in [5.74, 6) is -0.143. The van der Waals surface area contributed by atoms with Crippen molar-refractivity contribution in [2.45, 2.75) is 5.33 Å². The Balaban J connectivity index is 2.13. The van der Waals surface area contributed by atoms with Gasteiger partial charge in [0.1, 0.15) is 0 Å². The van der Waals surface area contributed by atoms with Gasteiger partial charge in [-0.15, -0.1) is 0 Å². The Bertz CT molecular complexity index is 599. The molecule has 0 saturated carbocycles. The highest BCUT2D eigenvalue weighted by molar-refractivity contribution is 9.10. The van der Waals surface area contributed by atoms with E-state index in [4.69, 9.17) is 11.6 Å². The van der Waals surface area contributed by atoms with Gasteiger partial charge in [-0.3, -0.25) is 4.79 Å². The molecular weight excluding hydrogens is 393 g/mol. The van der Waals surface area contributed by atoms with Crippen LogP contribution in [0.3, 0.4) is 0 Å². The second kappa shape index (κ2) is 6.55. The van der Waals surface area contributed by atoms with Crippen LogP contribution in [-0.4, -0.2) is 5.91 Å². The molecule has 1 N–H and O–H groups in total. The second-order valence-corrected chi connectivity index (χ2v) is 5.74. The molecule has 5 heteroatoms. The van der Waals surface area contributed by atoms with Crippen molar-refractivity contribution >= 4 is 55.1 Å². The van der Waals surface area contributed by atoms with Gasteiger partial charge in [0.2, 0.25) is 0 Å². The van der Waals surface area contributed by atoms with E-state index in [-0.39, 0.29) is 5.91 Å². The molecule has 0 unspecified atom stereocenters. The van der Waals surface area contributed by atoms with Crippen LogP contribution in [0.25, 0.3) is 0 Å². The Morgan fingerprint density at radius 3 is 2.42 bits per heavy atom. The van der Waals surface area contributed by atoms with Crippen LogP contribution in [-0.2, 0) is 5.33 Å². The molecule has 0 aliphatic carbocycles. The Hall–Kier alpha value is -0.840. The fourth-order valence-corrected chi connectivity index (χ4v) is 2.39. The average Bonchev–Trinajstić information content (AvgIpc) is 2.43. The Kier molecular flexibility index (Phi) is 5.02. The Labute approximate surface area is 133 Å². The largest absolute Gasteiger partial charge is 0.322 e. The monoisotopic (exact) mass is 401 g/mol. The average molecular weight is 404 g/mol. The molecule has 0 atom stereocenters. The predicted molar refractivity (Wildman–Crippen MR) is 86.2 cm³/mol. The van der Waals surface area contributed by atoms with E-state index in [2.05, 4.69) is 37.2 Å². The van der Waals surface area contributed by atoms with Crippen LogP contribution in [0, 0.1) is 0 Å². The quantitative estimate of drug-likeness (QED) is 0.697. The van der Waals surface area contributed by atoms with Crippen molar-refractivity contribution in [3.05, 3.63) is 63.1 Å². The zero-order valence-electron chi connectivity index (χ0n) is 9.79. The summed E-state index contributed by atoms with van der Waals surface area (Å²) >= 11 is 12.6. The van der Waals surface area contributed by atoms with Crippen LogP contribution in [0.15, 0.2) is 46.9 Å². The fourth-order valence-electron chi connectivity index (χ4n) is 1.52. The van der Waals surface area contributed by atoms with Gasteiger partial charge in [-0.05, 0) is 51.8 Å². The summed E-state index contributed by atoms with van der Waals surface area (Å²) in [6, 6.07) is 12.7. The molecular formula is C14H10Br2ClNO. The fraction of sp³-hybridized carbons (Fsp3) is 0.0714. The van der Waals surface area contributed by atoms with E-state index in [1.807, 2.05) is 12.1 Å². The lowest BCUT2D eigenvalue weighted by Gasteiger charge is -2.07. The number of hydrogen-bond donors (Lipinski definition) is 1. The molecule has 2 aromatic rings. The van der Waals surface area contributed by atoms with Crippen molar-refractivity contribution in [1.29, 1.82) is 0 Å². The molecule has 0 spiro atoms. The number of benzene rings is 2. The maximum Gasteiger partial charge on any atom is 0.255 e. The van der Waals surface area contributed by atoms with E-state index < -0.39 is 0 Å². The standard InChI is InChI=1S/C14H10Br2ClNO/c15-8-9-1-3-10(4-2-9)14(19)18-11-5-6-13(17)12(16)7-11/h1-7H,8H2,(H,18,19). The summed E-state index contributed by atoms with van der Waals surface area (Å²) in [5, 5.41) is 4.21. The summed E-state index contributed by atoms with van der Waals surface area (Å²) < 4.78 is 0.751. The van der Waals surface area contributed by atoms with Crippen molar-refractivity contribution in [2.75, 3.05) is 5.32 Å². The number of alkyl halides is 1. The maximum atomic E-state index is 12.0. The summed E-state index contributed by atoms with van der Waals surface area (Å²) in [6.07, 6.45) is 0. The summed E-state index contributed by atoms with van der Waals surface area (Å²) in [4.78, 5) is 12.0. The summed E-state index contributed by atoms with van der Waals surface area (Å²) in [5.41, 5.74) is 2.45. The Morgan fingerprint density at radius 2 is 1.84 bits per heavy atom. The normalized spacial score (nSPS) is 10.3. The molecule has 0 radical (unpaired) electrons. The summed E-state index contributed by atoms with van der Waals surface area (Å²) in [6.45, 7) is 0. The first-order valence-corrected chi connectivity index (χ1v) is 7.80. The lowest BCUT2D eigenvalue weighted by molar-refractivity contribution is 0.102. The van der Waals surface area contributed by atoms with E-state index in [0.717, 1.165) is 15.4 Å². The van der Waals surface area contributed by atoms with Gasteiger partial charge in [0.25, 0.3) is 5.91 Å². The van der Waals surface area contributed by atoms with Crippen LogP contribution >= 0.6 is 43.5 Å². The van der Waals surface area contributed by atoms with Crippen molar-refractivity contribution in [1.82, 2.24) is 0 Å². The third kappa shape index (κ3) is 3.81. The van der Waals surface area contributed by atoms with Crippen LogP contribution in [0.1, 0.15) is 15.9 Å². The molecule has 0 heterocycles. The number of hydrogen-bond acceptors (Lipinski definition) is 1. The molecule has 0 aromatic heterocycles. The van der Waals surface area contributed by atoms with E-state index in [1.165, 1.54) is 0 Å². The number of anilines is 1. The van der Waals surface area contributed by atoms with E-state index in [0.29, 0.717) is 16.3 Å². The first-order chi connectivity index (χ1) is 9.10. The molecule has 0 aliphatic rings. The van der Waals surface area contributed by atoms with Gasteiger partial charge in [-0.1, -0.05) is 39.7 Å². The molecule has 0 aliphatic heterocycles. The predicted octanol–water partition coefficient (Wildman–Crippen LogP) is 5.25. The number of carbonyl (C=O) groups excluding carboxylic acids is 1. The van der Waals surface area contributed by atoms with Gasteiger partial charge in [0, 0.05) is 21.1 Å². The smallest absolute Gasteiger partial charge is 0.255 e. The van der Waals surface area contributed by atoms with Crippen molar-refractivity contribution in [3.63, 3.8) is 0 Å². The molecule has 2 rings (SSSR count). The van der Waals surface area contributed by atoms with Crippen molar-refractivity contribution in [3.8, 4) is 0 Å². The van der Waals surface area contributed by atoms with Gasteiger partial charge in [-0.25, -0.2) is 0 Å². The topological polar surface area (TPSA) is 29.1 Å². The maximum absolute atomic E-state index is 12.0. The highest BCUT2D eigenvalue weighted by Gasteiger charge is 2.07. The van der Waals surface area contributed by atoms with Crippen molar-refractivity contribution in [2.24, 2.45) is 0 Å². The van der Waals surface area contributed by atoms with Crippen LogP contribution in [0.2, 0.25) is 5.02 Å². The third-order valence-corrected chi connectivity index (χ3v) is 4.41. The zero-order chi connectivity index (χ0) is 13.8. The minimum Gasteiger partial charge on any atom is -0.322 e. The van der Waals surface area contributed by atoms with E-state index >= 15 is 0 Å². The first kappa shape index (κ1) is 14.6. The molecule has 0 fully saturated rings. The third-order valence-electron chi connectivity index (χ3n) is 2.55. The molecule has 19 heavy (non-hydrogen) atoms. The highest BCUT2D eigenvalue weighted by atomic mass is 79.9. The van der Waals surface area contributed by atoms with E-state index in [1.54, 1.807) is 30.3 Å². The zero-order valence-corrected chi connectivity index (χ0v) is 13.7. The SMILES string of the molecule is O=C(Nc1ccc(Cl)c(Br)c1)c1ccc(CBr)cc1. The lowest BCUT2D eigenvalue weighted by atomic mass is 10.1. The van der Waals surface area contributed by atoms with Crippen LogP contribution in [0.5, 0.6) is 0 Å². The van der Waals surface area contributed by atoms with Crippen LogP contribution in [0.4, 0.5) is 5.69 Å². The van der Waals surface area contributed by atoms with Crippen molar-refractivity contribution < 1.29 is 4.79 Å². The highest BCUT2D eigenvalue weighted by Crippen LogP contribution is 2.25. The number of rotatable bonds is 3. The van der Waals surface area contributed by atoms with Crippen LogP contribution < -0.4 is 5.32 Å². The molecule has 0 saturated heterocycles. The number of carbonyl (C=O) groups is 1. The minimum atomic E-state index is -0.143. The van der Waals surface area contributed by atoms with Gasteiger partial charge >= 0.3 is 0 Å². The number of nitrogens with one attached hydrogen (secondary N) is 1. The lowest BCUT2D eigenvalue weighted by Crippen LogP contribution is -2.11. The minimum absolute atomic E-state index is 0.143. The molecule has 1 amide bonds. The summed E-state index contributed by atoms with van der Waals surface area (Å²) in [7, 11) is 0. The molecule has 2 aromatic carbocycles. The van der Waals surface area contributed by atoms with Gasteiger partial charge in [0.15, 0.2) is 0 Å². The molecule has 2 nitrogen and oxygen atoms in total. The number of halogens is 3. The number of amides is 1. The molecule has 0 bridgehead atoms. The van der Waals surface area contributed by atoms with Gasteiger partial charge in [0.05, 0.1) is 5.02 Å².